The first-order chi connectivity index (χ1) is 12.3. The molecule has 158 valence electrons. The largest absolute Gasteiger partial charge is 0.480 e. The summed E-state index contributed by atoms with van der Waals surface area (Å²) in [4.78, 5) is 45.8. The molecule has 0 aromatic rings. The summed E-state index contributed by atoms with van der Waals surface area (Å²) in [5.74, 6) is -3.66. The number of nitrogens with one attached hydrogen (secondary N) is 2. The van der Waals surface area contributed by atoms with Crippen LogP contribution in [0, 0.1) is 5.92 Å². The van der Waals surface area contributed by atoms with E-state index < -0.39 is 55.2 Å². The van der Waals surface area contributed by atoms with Crippen LogP contribution < -0.4 is 22.1 Å². The minimum Gasteiger partial charge on any atom is -0.480 e. The van der Waals surface area contributed by atoms with Crippen molar-refractivity contribution in [2.24, 2.45) is 17.4 Å². The van der Waals surface area contributed by atoms with Crippen molar-refractivity contribution in [1.29, 1.82) is 0 Å². The van der Waals surface area contributed by atoms with E-state index in [1.54, 1.807) is 6.92 Å². The van der Waals surface area contributed by atoms with Crippen molar-refractivity contribution in [2.45, 2.75) is 70.9 Å². The van der Waals surface area contributed by atoms with Gasteiger partial charge < -0.3 is 32.1 Å². The highest BCUT2D eigenvalue weighted by Gasteiger charge is 2.34. The Labute approximate surface area is 159 Å². The average Bonchev–Trinajstić information content (AvgIpc) is 2.52. The molecule has 0 rings (SSSR count). The minimum absolute atomic E-state index is 0.192. The molecule has 0 heterocycles. The van der Waals surface area contributed by atoms with Crippen molar-refractivity contribution in [3.63, 3.8) is 0 Å². The predicted octanol–water partition coefficient (Wildman–Crippen LogP) is -0.211. The summed E-state index contributed by atoms with van der Waals surface area (Å²) in [6, 6.07) is -3.38. The first-order valence-corrected chi connectivity index (χ1v) is 10.9. The Morgan fingerprint density at radius 2 is 1.56 bits per heavy atom. The summed E-state index contributed by atoms with van der Waals surface area (Å²) in [6.45, 7) is 6.91. The molecule has 10 nitrogen and oxygen atoms in total. The van der Waals surface area contributed by atoms with Gasteiger partial charge in [-0.1, -0.05) is 27.2 Å². The van der Waals surface area contributed by atoms with Crippen LogP contribution in [0.2, 0.25) is 0 Å². The summed E-state index contributed by atoms with van der Waals surface area (Å²) in [6.07, 6.45) is 0.549. The molecule has 0 aromatic heterocycles. The molecule has 0 aromatic carbocycles. The molecule has 0 bridgehead atoms. The lowest BCUT2D eigenvalue weighted by atomic mass is 10.0. The van der Waals surface area contributed by atoms with Crippen molar-refractivity contribution in [1.82, 2.24) is 10.6 Å². The molecule has 0 fully saturated rings. The van der Waals surface area contributed by atoms with Crippen LogP contribution in [0.25, 0.3) is 0 Å². The molecule has 0 aliphatic heterocycles. The van der Waals surface area contributed by atoms with Gasteiger partial charge in [-0.3, -0.25) is 14.2 Å². The van der Waals surface area contributed by atoms with Gasteiger partial charge in [0, 0.05) is 0 Å². The van der Waals surface area contributed by atoms with Crippen molar-refractivity contribution < 1.29 is 28.9 Å². The summed E-state index contributed by atoms with van der Waals surface area (Å²) in [5.41, 5.74) is 11.2. The maximum Gasteiger partial charge on any atom is 0.326 e. The second-order valence-corrected chi connectivity index (χ2v) is 9.86. The highest BCUT2D eigenvalue weighted by atomic mass is 31.2. The summed E-state index contributed by atoms with van der Waals surface area (Å²) in [7, 11) is -3.96. The van der Waals surface area contributed by atoms with Gasteiger partial charge in [0.2, 0.25) is 19.2 Å². The fourth-order valence-electron chi connectivity index (χ4n) is 2.34. The normalized spacial score (nSPS) is 18.1. The third-order valence-electron chi connectivity index (χ3n) is 3.97. The van der Waals surface area contributed by atoms with Gasteiger partial charge in [-0.05, 0) is 25.7 Å². The molecule has 0 spiro atoms. The minimum atomic E-state index is -3.96. The first kappa shape index (κ1) is 25.5. The van der Waals surface area contributed by atoms with Crippen LogP contribution in [-0.4, -0.2) is 57.9 Å². The SMILES string of the molecule is CCC[C@H](NC(=O)[C@@H](N)CC(C)C)C(=O)NC(CP(=O)(O)C(C)N)C(=O)O. The van der Waals surface area contributed by atoms with E-state index in [-0.39, 0.29) is 12.3 Å². The van der Waals surface area contributed by atoms with Gasteiger partial charge in [-0.2, -0.15) is 0 Å². The number of hydrogen-bond donors (Lipinski definition) is 6. The fraction of sp³-hybridized carbons (Fsp3) is 0.812. The highest BCUT2D eigenvalue weighted by molar-refractivity contribution is 7.58. The molecule has 5 atom stereocenters. The van der Waals surface area contributed by atoms with Gasteiger partial charge in [0.15, 0.2) is 0 Å². The van der Waals surface area contributed by atoms with Gasteiger partial charge in [-0.25, -0.2) is 4.79 Å². The predicted molar refractivity (Wildman–Crippen MR) is 102 cm³/mol. The Morgan fingerprint density at radius 3 is 1.96 bits per heavy atom. The zero-order chi connectivity index (χ0) is 21.4. The smallest absolute Gasteiger partial charge is 0.326 e. The molecule has 11 heteroatoms. The standard InChI is InChI=1S/C16H33N4O6P/c1-5-6-12(19-14(21)11(18)7-9(2)3)15(22)20-13(16(23)24)8-27(25,26)10(4)17/h9-13H,5-8,17-18H2,1-4H3,(H,19,21)(H,20,22)(H,23,24)(H,25,26)/t10?,11-,12-,13?/m0/s1. The number of carboxylic acids is 1. The van der Waals surface area contributed by atoms with Crippen LogP contribution in [-0.2, 0) is 18.9 Å². The lowest BCUT2D eigenvalue weighted by molar-refractivity contribution is -0.141. The van der Waals surface area contributed by atoms with Crippen molar-refractivity contribution >= 4 is 25.2 Å². The molecular formula is C16H33N4O6P. The number of nitrogens with two attached hydrogens (primary N) is 2. The molecule has 0 radical (unpaired) electrons. The van der Waals surface area contributed by atoms with E-state index in [2.05, 4.69) is 10.6 Å². The zero-order valence-corrected chi connectivity index (χ0v) is 17.2. The lowest BCUT2D eigenvalue weighted by Crippen LogP contribution is -2.55. The quantitative estimate of drug-likeness (QED) is 0.239. The monoisotopic (exact) mass is 408 g/mol. The molecule has 2 amide bonds. The van der Waals surface area contributed by atoms with Crippen LogP contribution in [0.5, 0.6) is 0 Å². The molecule has 0 saturated heterocycles. The fourth-order valence-corrected chi connectivity index (χ4v) is 3.44. The summed E-state index contributed by atoms with van der Waals surface area (Å²) >= 11 is 0. The van der Waals surface area contributed by atoms with Gasteiger partial charge >= 0.3 is 5.97 Å². The maximum absolute atomic E-state index is 12.5. The second kappa shape index (κ2) is 11.4. The Balaban J connectivity index is 5.14. The van der Waals surface area contributed by atoms with Crippen molar-refractivity contribution in [2.75, 3.05) is 6.16 Å². The molecular weight excluding hydrogens is 375 g/mol. The third kappa shape index (κ3) is 9.32. The topological polar surface area (TPSA) is 185 Å². The van der Waals surface area contributed by atoms with E-state index in [1.165, 1.54) is 6.92 Å². The van der Waals surface area contributed by atoms with E-state index in [0.717, 1.165) is 0 Å². The number of carbonyl (C=O) groups is 3. The number of carboxylic acid groups (broad SMARTS) is 1. The van der Waals surface area contributed by atoms with Gasteiger partial charge in [-0.15, -0.1) is 0 Å². The summed E-state index contributed by atoms with van der Waals surface area (Å²) in [5, 5.41) is 14.0. The van der Waals surface area contributed by atoms with E-state index in [1.807, 2.05) is 13.8 Å². The zero-order valence-electron chi connectivity index (χ0n) is 16.3. The van der Waals surface area contributed by atoms with Crippen LogP contribution in [0.15, 0.2) is 0 Å². The number of rotatable bonds is 12. The van der Waals surface area contributed by atoms with Crippen LogP contribution in [0.1, 0.15) is 47.0 Å². The molecule has 0 saturated carbocycles. The van der Waals surface area contributed by atoms with Gasteiger partial charge in [0.05, 0.1) is 18.0 Å². The average molecular weight is 408 g/mol. The van der Waals surface area contributed by atoms with Crippen LogP contribution in [0.4, 0.5) is 0 Å². The number of aliphatic carboxylic acids is 1. The van der Waals surface area contributed by atoms with Gasteiger partial charge in [0.1, 0.15) is 12.1 Å². The Bertz CT molecular complexity index is 569. The van der Waals surface area contributed by atoms with Gasteiger partial charge in [0.25, 0.3) is 0 Å². The molecule has 0 aliphatic carbocycles. The highest BCUT2D eigenvalue weighted by Crippen LogP contribution is 2.44. The van der Waals surface area contributed by atoms with E-state index in [0.29, 0.717) is 12.8 Å². The maximum atomic E-state index is 12.5. The van der Waals surface area contributed by atoms with E-state index >= 15 is 0 Å². The lowest BCUT2D eigenvalue weighted by Gasteiger charge is -2.24. The molecule has 8 N–H and O–H groups in total. The Morgan fingerprint density at radius 1 is 1.04 bits per heavy atom. The summed E-state index contributed by atoms with van der Waals surface area (Å²) < 4.78 is 12.0. The molecule has 27 heavy (non-hydrogen) atoms. The Hall–Kier alpha value is -1.48. The first-order valence-electron chi connectivity index (χ1n) is 8.98. The van der Waals surface area contributed by atoms with Crippen LogP contribution >= 0.6 is 7.37 Å². The Kier molecular flexibility index (Phi) is 10.8. The second-order valence-electron chi connectivity index (χ2n) is 7.16. The molecule has 3 unspecified atom stereocenters. The molecule has 0 aliphatic rings. The number of carbonyl (C=O) groups excluding carboxylic acids is 2. The third-order valence-corrected chi connectivity index (χ3v) is 6.13. The van der Waals surface area contributed by atoms with E-state index in [9.17, 15) is 28.9 Å². The number of hydrogen-bond acceptors (Lipinski definition) is 6. The van der Waals surface area contributed by atoms with E-state index in [4.69, 9.17) is 11.5 Å². The van der Waals surface area contributed by atoms with Crippen LogP contribution in [0.3, 0.4) is 0 Å². The number of amides is 2. The van der Waals surface area contributed by atoms with Crippen molar-refractivity contribution in [3.05, 3.63) is 0 Å². The van der Waals surface area contributed by atoms with Crippen molar-refractivity contribution in [3.8, 4) is 0 Å².